The smallest absolute Gasteiger partial charge is 0.333 e. The molecule has 0 amide bonds. The minimum atomic E-state index is -0.313. The summed E-state index contributed by atoms with van der Waals surface area (Å²) in [5.74, 6) is 1.24. The third kappa shape index (κ3) is 7.03. The molecule has 1 aliphatic rings. The van der Waals surface area contributed by atoms with Crippen LogP contribution in [0.3, 0.4) is 0 Å². The Kier molecular flexibility index (Phi) is 8.13. The molecule has 1 aliphatic heterocycles. The largest absolute Gasteiger partial charge is 0.462 e. The second-order valence-electron chi connectivity index (χ2n) is 4.26. The number of ether oxygens (including phenoxy) is 3. The molecule has 0 aromatic rings. The molecule has 5 heteroatoms. The third-order valence-corrected chi connectivity index (χ3v) is 3.37. The predicted molar refractivity (Wildman–Crippen MR) is 72.4 cm³/mol. The molecule has 0 radical (unpaired) electrons. The molecule has 1 atom stereocenters. The monoisotopic (exact) mass is 274 g/mol. The van der Waals surface area contributed by atoms with Gasteiger partial charge in [-0.1, -0.05) is 6.58 Å². The van der Waals surface area contributed by atoms with Crippen LogP contribution in [0.5, 0.6) is 0 Å². The summed E-state index contributed by atoms with van der Waals surface area (Å²) in [5.41, 5.74) is 0.445. The average Bonchev–Trinajstić information content (AvgIpc) is 2.38. The van der Waals surface area contributed by atoms with E-state index in [-0.39, 0.29) is 12.3 Å². The molecule has 0 bridgehead atoms. The third-order valence-electron chi connectivity index (χ3n) is 2.49. The molecule has 0 N–H and O–H groups in total. The van der Waals surface area contributed by atoms with Crippen molar-refractivity contribution in [1.29, 1.82) is 0 Å². The molecule has 1 fully saturated rings. The van der Waals surface area contributed by atoms with Gasteiger partial charge in [0.15, 0.2) is 6.29 Å². The van der Waals surface area contributed by atoms with Crippen LogP contribution in [-0.2, 0) is 19.0 Å². The van der Waals surface area contributed by atoms with E-state index < -0.39 is 0 Å². The molecular weight excluding hydrogens is 252 g/mol. The zero-order valence-electron chi connectivity index (χ0n) is 11.0. The molecule has 0 saturated carbocycles. The Labute approximate surface area is 113 Å². The van der Waals surface area contributed by atoms with Gasteiger partial charge >= 0.3 is 5.97 Å². The Bertz CT molecular complexity index is 262. The maximum atomic E-state index is 11.1. The standard InChI is InChI=1S/C13H22O4S/c1-11(2)13(14)16-8-5-9-18-10-17-12-6-3-4-7-15-12/h12H,1,3-10H2,2H3. The van der Waals surface area contributed by atoms with Gasteiger partial charge in [-0.05, 0) is 38.4 Å². The summed E-state index contributed by atoms with van der Waals surface area (Å²) in [4.78, 5) is 11.1. The molecule has 1 rings (SSSR count). The van der Waals surface area contributed by atoms with Gasteiger partial charge < -0.3 is 14.2 Å². The highest BCUT2D eigenvalue weighted by Crippen LogP contribution is 2.15. The van der Waals surface area contributed by atoms with Crippen LogP contribution >= 0.6 is 11.8 Å². The minimum absolute atomic E-state index is 0.0208. The van der Waals surface area contributed by atoms with Gasteiger partial charge in [-0.3, -0.25) is 0 Å². The van der Waals surface area contributed by atoms with Crippen LogP contribution in [0.1, 0.15) is 32.6 Å². The van der Waals surface area contributed by atoms with Crippen molar-refractivity contribution in [3.8, 4) is 0 Å². The molecule has 18 heavy (non-hydrogen) atoms. The summed E-state index contributed by atoms with van der Waals surface area (Å²) in [5, 5.41) is 0. The second kappa shape index (κ2) is 9.42. The van der Waals surface area contributed by atoms with Gasteiger partial charge in [-0.2, -0.15) is 0 Å². The molecule has 0 aliphatic carbocycles. The fraction of sp³-hybridized carbons (Fsp3) is 0.769. The van der Waals surface area contributed by atoms with Crippen molar-refractivity contribution in [2.24, 2.45) is 0 Å². The fourth-order valence-corrected chi connectivity index (χ4v) is 2.16. The Balaban J connectivity index is 1.86. The van der Waals surface area contributed by atoms with E-state index in [4.69, 9.17) is 14.2 Å². The van der Waals surface area contributed by atoms with Gasteiger partial charge in [-0.15, -0.1) is 11.8 Å². The Morgan fingerprint density at radius 2 is 2.33 bits per heavy atom. The summed E-state index contributed by atoms with van der Waals surface area (Å²) >= 11 is 1.69. The summed E-state index contributed by atoms with van der Waals surface area (Å²) in [6.07, 6.45) is 4.13. The van der Waals surface area contributed by atoms with Crippen molar-refractivity contribution < 1.29 is 19.0 Å². The van der Waals surface area contributed by atoms with Gasteiger partial charge in [0, 0.05) is 12.2 Å². The molecule has 1 heterocycles. The first-order chi connectivity index (χ1) is 8.70. The molecule has 4 nitrogen and oxygen atoms in total. The van der Waals surface area contributed by atoms with Crippen molar-refractivity contribution in [2.45, 2.75) is 38.9 Å². The lowest BCUT2D eigenvalue weighted by Gasteiger charge is -2.22. The van der Waals surface area contributed by atoms with Crippen molar-refractivity contribution in [2.75, 3.05) is 24.9 Å². The summed E-state index contributed by atoms with van der Waals surface area (Å²) in [6, 6.07) is 0. The first-order valence-electron chi connectivity index (χ1n) is 6.33. The summed E-state index contributed by atoms with van der Waals surface area (Å²) in [7, 11) is 0. The van der Waals surface area contributed by atoms with Crippen molar-refractivity contribution >= 4 is 17.7 Å². The Hall–Kier alpha value is -0.520. The van der Waals surface area contributed by atoms with E-state index in [0.29, 0.717) is 18.1 Å². The lowest BCUT2D eigenvalue weighted by molar-refractivity contribution is -0.149. The molecule has 0 spiro atoms. The maximum Gasteiger partial charge on any atom is 0.333 e. The van der Waals surface area contributed by atoms with Crippen LogP contribution in [-0.4, -0.2) is 37.2 Å². The van der Waals surface area contributed by atoms with E-state index in [1.165, 1.54) is 6.42 Å². The first-order valence-corrected chi connectivity index (χ1v) is 7.49. The number of esters is 1. The van der Waals surface area contributed by atoms with Crippen LogP contribution in [0.25, 0.3) is 0 Å². The number of rotatable bonds is 8. The van der Waals surface area contributed by atoms with E-state index in [1.54, 1.807) is 18.7 Å². The van der Waals surface area contributed by atoms with Crippen LogP contribution in [0, 0.1) is 0 Å². The molecule has 104 valence electrons. The van der Waals surface area contributed by atoms with Crippen molar-refractivity contribution in [3.05, 3.63) is 12.2 Å². The van der Waals surface area contributed by atoms with Crippen LogP contribution in [0.2, 0.25) is 0 Å². The Morgan fingerprint density at radius 1 is 1.50 bits per heavy atom. The van der Waals surface area contributed by atoms with Gasteiger partial charge in [0.25, 0.3) is 0 Å². The SMILES string of the molecule is C=C(C)C(=O)OCCCSCOC1CCCCO1. The zero-order valence-corrected chi connectivity index (χ0v) is 11.8. The molecule has 0 aromatic heterocycles. The summed E-state index contributed by atoms with van der Waals surface area (Å²) < 4.78 is 16.0. The number of carbonyl (C=O) groups is 1. The summed E-state index contributed by atoms with van der Waals surface area (Å²) in [6.45, 7) is 6.42. The minimum Gasteiger partial charge on any atom is -0.462 e. The van der Waals surface area contributed by atoms with Crippen LogP contribution in [0.15, 0.2) is 12.2 Å². The molecular formula is C13H22O4S. The highest BCUT2D eigenvalue weighted by atomic mass is 32.2. The van der Waals surface area contributed by atoms with Gasteiger partial charge in [-0.25, -0.2) is 4.79 Å². The van der Waals surface area contributed by atoms with Crippen LogP contribution < -0.4 is 0 Å². The number of thioether (sulfide) groups is 1. The lowest BCUT2D eigenvalue weighted by Crippen LogP contribution is -2.22. The highest BCUT2D eigenvalue weighted by Gasteiger charge is 2.13. The number of hydrogen-bond acceptors (Lipinski definition) is 5. The molecule has 0 aromatic carbocycles. The van der Waals surface area contributed by atoms with E-state index in [9.17, 15) is 4.79 Å². The normalized spacial score (nSPS) is 19.5. The van der Waals surface area contributed by atoms with E-state index in [2.05, 4.69) is 6.58 Å². The lowest BCUT2D eigenvalue weighted by atomic mass is 10.2. The number of hydrogen-bond donors (Lipinski definition) is 0. The van der Waals surface area contributed by atoms with Gasteiger partial charge in [0.2, 0.25) is 0 Å². The highest BCUT2D eigenvalue weighted by molar-refractivity contribution is 7.99. The molecule has 1 unspecified atom stereocenters. The van der Waals surface area contributed by atoms with Gasteiger partial charge in [0.1, 0.15) is 0 Å². The van der Waals surface area contributed by atoms with Crippen molar-refractivity contribution in [3.63, 3.8) is 0 Å². The topological polar surface area (TPSA) is 44.8 Å². The second-order valence-corrected chi connectivity index (χ2v) is 5.31. The predicted octanol–water partition coefficient (Wildman–Crippen LogP) is 2.73. The fourth-order valence-electron chi connectivity index (χ4n) is 1.47. The van der Waals surface area contributed by atoms with Crippen LogP contribution in [0.4, 0.5) is 0 Å². The van der Waals surface area contributed by atoms with E-state index in [0.717, 1.165) is 31.6 Å². The van der Waals surface area contributed by atoms with Gasteiger partial charge in [0.05, 0.1) is 12.5 Å². The molecule has 1 saturated heterocycles. The maximum absolute atomic E-state index is 11.1. The number of carbonyl (C=O) groups excluding carboxylic acids is 1. The Morgan fingerprint density at radius 3 is 3.00 bits per heavy atom. The van der Waals surface area contributed by atoms with Crippen molar-refractivity contribution in [1.82, 2.24) is 0 Å². The quantitative estimate of drug-likeness (QED) is 0.295. The first kappa shape index (κ1) is 15.5. The van der Waals surface area contributed by atoms with E-state index in [1.807, 2.05) is 0 Å². The van der Waals surface area contributed by atoms with E-state index >= 15 is 0 Å². The zero-order chi connectivity index (χ0) is 13.2. The average molecular weight is 274 g/mol.